The van der Waals surface area contributed by atoms with E-state index >= 15 is 0 Å². The highest BCUT2D eigenvalue weighted by atomic mass is 16.5. The quantitative estimate of drug-likeness (QED) is 0.609. The van der Waals surface area contributed by atoms with Gasteiger partial charge in [-0.3, -0.25) is 0 Å². The molecule has 1 atom stereocenters. The van der Waals surface area contributed by atoms with Crippen molar-refractivity contribution in [3.63, 3.8) is 0 Å². The van der Waals surface area contributed by atoms with Crippen LogP contribution in [0.2, 0.25) is 0 Å². The summed E-state index contributed by atoms with van der Waals surface area (Å²) in [6, 6.07) is 0. The Morgan fingerprint density at radius 3 is 2.64 bits per heavy atom. The molecule has 0 spiro atoms. The number of ether oxygens (including phenoxy) is 1. The molecular formula is C8H19NO2. The molecule has 0 aromatic carbocycles. The molecule has 0 aromatic rings. The molecule has 0 amide bonds. The highest BCUT2D eigenvalue weighted by molar-refractivity contribution is 4.55. The summed E-state index contributed by atoms with van der Waals surface area (Å²) in [5.41, 5.74) is 0. The predicted molar refractivity (Wildman–Crippen MR) is 45.7 cm³/mol. The molecule has 3 heteroatoms. The van der Waals surface area contributed by atoms with Crippen LogP contribution in [-0.2, 0) is 4.74 Å². The zero-order chi connectivity index (χ0) is 8.69. The lowest BCUT2D eigenvalue weighted by atomic mass is 10.4. The van der Waals surface area contributed by atoms with E-state index < -0.39 is 0 Å². The van der Waals surface area contributed by atoms with E-state index in [4.69, 9.17) is 9.84 Å². The molecule has 0 fully saturated rings. The van der Waals surface area contributed by atoms with Crippen LogP contribution in [0.25, 0.3) is 0 Å². The summed E-state index contributed by atoms with van der Waals surface area (Å²) in [6.07, 6.45) is 0.215. The molecule has 0 aliphatic rings. The van der Waals surface area contributed by atoms with Gasteiger partial charge in [-0.25, -0.2) is 0 Å². The smallest absolute Gasteiger partial charge is 0.0701 e. The second kappa shape index (κ2) is 6.58. The molecule has 1 N–H and O–H groups in total. The monoisotopic (exact) mass is 161 g/mol. The first-order valence-electron chi connectivity index (χ1n) is 4.11. The maximum Gasteiger partial charge on any atom is 0.0701 e. The largest absolute Gasteiger partial charge is 0.394 e. The molecule has 11 heavy (non-hydrogen) atoms. The van der Waals surface area contributed by atoms with Gasteiger partial charge in [0.1, 0.15) is 0 Å². The van der Waals surface area contributed by atoms with Crippen LogP contribution >= 0.6 is 0 Å². The van der Waals surface area contributed by atoms with Crippen LogP contribution in [0.15, 0.2) is 0 Å². The van der Waals surface area contributed by atoms with Gasteiger partial charge in [0, 0.05) is 6.54 Å². The zero-order valence-electron chi connectivity index (χ0n) is 7.71. The summed E-state index contributed by atoms with van der Waals surface area (Å²) in [4.78, 5) is 2.18. The minimum absolute atomic E-state index is 0.111. The van der Waals surface area contributed by atoms with Gasteiger partial charge < -0.3 is 14.7 Å². The van der Waals surface area contributed by atoms with E-state index in [9.17, 15) is 0 Å². The summed E-state index contributed by atoms with van der Waals surface area (Å²) in [5, 5.41) is 8.47. The first-order chi connectivity index (χ1) is 5.20. The van der Waals surface area contributed by atoms with Crippen LogP contribution in [0.3, 0.4) is 0 Å². The Labute approximate surface area is 69.0 Å². The summed E-state index contributed by atoms with van der Waals surface area (Å²) >= 11 is 0. The first-order valence-corrected chi connectivity index (χ1v) is 4.11. The van der Waals surface area contributed by atoms with E-state index in [0.717, 1.165) is 13.1 Å². The van der Waals surface area contributed by atoms with Crippen molar-refractivity contribution < 1.29 is 9.84 Å². The molecule has 1 unspecified atom stereocenters. The minimum Gasteiger partial charge on any atom is -0.394 e. The molecule has 0 rings (SSSR count). The van der Waals surface area contributed by atoms with Gasteiger partial charge in [-0.2, -0.15) is 0 Å². The number of aliphatic hydroxyl groups is 1. The third kappa shape index (κ3) is 6.28. The standard InChI is InChI=1S/C8H19NO2/c1-4-9(3)7-8(2)11-6-5-10/h8,10H,4-7H2,1-3H3. The van der Waals surface area contributed by atoms with Gasteiger partial charge >= 0.3 is 0 Å². The highest BCUT2D eigenvalue weighted by Crippen LogP contribution is 1.93. The summed E-state index contributed by atoms with van der Waals surface area (Å²) in [7, 11) is 2.05. The third-order valence-electron chi connectivity index (χ3n) is 1.60. The van der Waals surface area contributed by atoms with Gasteiger partial charge in [0.25, 0.3) is 0 Å². The van der Waals surface area contributed by atoms with Gasteiger partial charge in [0.2, 0.25) is 0 Å². The number of aliphatic hydroxyl groups excluding tert-OH is 1. The van der Waals surface area contributed by atoms with E-state index in [1.54, 1.807) is 0 Å². The number of rotatable bonds is 6. The Morgan fingerprint density at radius 1 is 1.55 bits per heavy atom. The van der Waals surface area contributed by atoms with Gasteiger partial charge in [-0.1, -0.05) is 6.92 Å². The zero-order valence-corrected chi connectivity index (χ0v) is 7.71. The SMILES string of the molecule is CCN(C)CC(C)OCCO. The first kappa shape index (κ1) is 10.9. The fraction of sp³-hybridized carbons (Fsp3) is 1.00. The van der Waals surface area contributed by atoms with Gasteiger partial charge in [0.05, 0.1) is 19.3 Å². The van der Waals surface area contributed by atoms with Crippen molar-refractivity contribution in [2.45, 2.75) is 20.0 Å². The molecule has 0 bridgehead atoms. The third-order valence-corrected chi connectivity index (χ3v) is 1.60. The number of hydrogen-bond donors (Lipinski definition) is 1. The predicted octanol–water partition coefficient (Wildman–Crippen LogP) is 0.336. The maximum absolute atomic E-state index is 8.47. The van der Waals surface area contributed by atoms with Gasteiger partial charge in [-0.15, -0.1) is 0 Å². The van der Waals surface area contributed by atoms with Crippen molar-refractivity contribution in [1.82, 2.24) is 4.90 Å². The second-order valence-electron chi connectivity index (χ2n) is 2.76. The Kier molecular flexibility index (Phi) is 6.51. The Hall–Kier alpha value is -0.120. The Bertz CT molecular complexity index is 88.2. The fourth-order valence-electron chi connectivity index (χ4n) is 0.875. The molecular weight excluding hydrogens is 142 g/mol. The van der Waals surface area contributed by atoms with E-state index in [0.29, 0.717) is 6.61 Å². The minimum atomic E-state index is 0.111. The number of likely N-dealkylation sites (N-methyl/N-ethyl adjacent to an activating group) is 1. The molecule has 0 saturated carbocycles. The van der Waals surface area contributed by atoms with Crippen LogP contribution in [0.4, 0.5) is 0 Å². The molecule has 68 valence electrons. The average Bonchev–Trinajstić information content (AvgIpc) is 2.00. The van der Waals surface area contributed by atoms with Crippen molar-refractivity contribution in [2.24, 2.45) is 0 Å². The fourth-order valence-corrected chi connectivity index (χ4v) is 0.875. The highest BCUT2D eigenvalue weighted by Gasteiger charge is 2.03. The van der Waals surface area contributed by atoms with Crippen molar-refractivity contribution in [3.8, 4) is 0 Å². The second-order valence-corrected chi connectivity index (χ2v) is 2.76. The summed E-state index contributed by atoms with van der Waals surface area (Å²) < 4.78 is 5.27. The lowest BCUT2D eigenvalue weighted by Gasteiger charge is -2.19. The van der Waals surface area contributed by atoms with Crippen LogP contribution in [-0.4, -0.2) is 49.5 Å². The van der Waals surface area contributed by atoms with Crippen molar-refractivity contribution in [2.75, 3.05) is 33.4 Å². The van der Waals surface area contributed by atoms with Gasteiger partial charge in [0.15, 0.2) is 0 Å². The van der Waals surface area contributed by atoms with Crippen LogP contribution in [0, 0.1) is 0 Å². The lowest BCUT2D eigenvalue weighted by Crippen LogP contribution is -2.29. The van der Waals surface area contributed by atoms with Crippen molar-refractivity contribution in [1.29, 1.82) is 0 Å². The van der Waals surface area contributed by atoms with Crippen LogP contribution < -0.4 is 0 Å². The molecule has 0 radical (unpaired) electrons. The Balaban J connectivity index is 3.27. The lowest BCUT2D eigenvalue weighted by molar-refractivity contribution is 0.0230. The summed E-state index contributed by atoms with van der Waals surface area (Å²) in [5.74, 6) is 0. The maximum atomic E-state index is 8.47. The molecule has 0 heterocycles. The number of nitrogens with zero attached hydrogens (tertiary/aromatic N) is 1. The van der Waals surface area contributed by atoms with Crippen LogP contribution in [0.1, 0.15) is 13.8 Å². The molecule has 0 aliphatic heterocycles. The molecule has 0 saturated heterocycles. The normalized spacial score (nSPS) is 13.9. The van der Waals surface area contributed by atoms with E-state index in [2.05, 4.69) is 18.9 Å². The van der Waals surface area contributed by atoms with E-state index in [1.165, 1.54) is 0 Å². The van der Waals surface area contributed by atoms with Crippen LogP contribution in [0.5, 0.6) is 0 Å². The average molecular weight is 161 g/mol. The summed E-state index contributed by atoms with van der Waals surface area (Å²) in [6.45, 7) is 6.64. The number of hydrogen-bond acceptors (Lipinski definition) is 3. The van der Waals surface area contributed by atoms with Gasteiger partial charge in [-0.05, 0) is 20.5 Å². The Morgan fingerprint density at radius 2 is 2.18 bits per heavy atom. The van der Waals surface area contributed by atoms with E-state index in [-0.39, 0.29) is 12.7 Å². The molecule has 3 nitrogen and oxygen atoms in total. The molecule has 0 aliphatic carbocycles. The molecule has 0 aromatic heterocycles. The topological polar surface area (TPSA) is 32.7 Å². The van der Waals surface area contributed by atoms with E-state index in [1.807, 2.05) is 6.92 Å². The van der Waals surface area contributed by atoms with Crippen molar-refractivity contribution in [3.05, 3.63) is 0 Å². The van der Waals surface area contributed by atoms with Crippen molar-refractivity contribution >= 4 is 0 Å².